The molecule has 0 radical (unpaired) electrons. The Morgan fingerprint density at radius 2 is 1.79 bits per heavy atom. The number of ether oxygens (including phenoxy) is 1. The van der Waals surface area contributed by atoms with Crippen LogP contribution >= 0.6 is 0 Å². The predicted octanol–water partition coefficient (Wildman–Crippen LogP) is 1.24. The molecule has 0 fully saturated rings. The average molecular weight is 401 g/mol. The molecule has 29 heavy (non-hydrogen) atoms. The summed E-state index contributed by atoms with van der Waals surface area (Å²) in [5, 5.41) is 32.3. The maximum absolute atomic E-state index is 13.4. The average Bonchev–Trinajstić information content (AvgIpc) is 2.91. The van der Waals surface area contributed by atoms with Crippen LogP contribution in [-0.2, 0) is 19.8 Å². The lowest BCUT2D eigenvalue weighted by Crippen LogP contribution is -2.41. The highest BCUT2D eigenvalue weighted by Crippen LogP contribution is 2.57. The van der Waals surface area contributed by atoms with E-state index in [1.54, 1.807) is 0 Å². The number of aromatic hydroxyl groups is 2. The molecule has 0 saturated carbocycles. The molecular formula is C20H19NO8. The third-order valence-electron chi connectivity index (χ3n) is 5.26. The summed E-state index contributed by atoms with van der Waals surface area (Å²) in [6.07, 6.45) is 1.07. The van der Waals surface area contributed by atoms with Gasteiger partial charge in [-0.2, -0.15) is 0 Å². The van der Waals surface area contributed by atoms with Crippen molar-refractivity contribution in [2.24, 2.45) is 0 Å². The highest BCUT2D eigenvalue weighted by molar-refractivity contribution is 6.31. The van der Waals surface area contributed by atoms with Gasteiger partial charge in [0, 0.05) is 17.3 Å². The summed E-state index contributed by atoms with van der Waals surface area (Å²) < 4.78 is 5.63. The molecule has 0 saturated heterocycles. The van der Waals surface area contributed by atoms with Crippen LogP contribution in [0, 0.1) is 6.92 Å². The van der Waals surface area contributed by atoms with E-state index in [0.29, 0.717) is 0 Å². The van der Waals surface area contributed by atoms with E-state index in [-0.39, 0.29) is 39.5 Å². The normalized spacial score (nSPS) is 21.7. The number of rotatable bonds is 4. The van der Waals surface area contributed by atoms with E-state index >= 15 is 0 Å². The number of carbonyl (C=O) groups is 4. The number of phenols is 2. The smallest absolute Gasteiger partial charge is 0.322 e. The van der Waals surface area contributed by atoms with Crippen LogP contribution in [0.1, 0.15) is 42.3 Å². The fraction of sp³-hybridized carbons (Fsp3) is 0.300. The molecule has 0 amide bonds. The Bertz CT molecular complexity index is 1080. The topological polar surface area (TPSA) is 150 Å². The zero-order valence-electron chi connectivity index (χ0n) is 16.2. The van der Waals surface area contributed by atoms with Gasteiger partial charge in [0.1, 0.15) is 40.5 Å². The van der Waals surface area contributed by atoms with Crippen LogP contribution in [0.15, 0.2) is 23.1 Å². The molecule has 1 aromatic rings. The van der Waals surface area contributed by atoms with Gasteiger partial charge in [0.05, 0.1) is 11.1 Å². The largest absolute Gasteiger partial charge is 0.507 e. The molecule has 1 heterocycles. The second kappa shape index (κ2) is 6.47. The van der Waals surface area contributed by atoms with E-state index in [0.717, 1.165) is 6.08 Å². The zero-order valence-corrected chi connectivity index (χ0v) is 16.2. The van der Waals surface area contributed by atoms with Gasteiger partial charge >= 0.3 is 5.97 Å². The van der Waals surface area contributed by atoms with Crippen molar-refractivity contribution in [1.82, 2.24) is 5.32 Å². The van der Waals surface area contributed by atoms with Crippen LogP contribution in [0.2, 0.25) is 0 Å². The van der Waals surface area contributed by atoms with Crippen molar-refractivity contribution in [3.05, 3.63) is 39.8 Å². The molecule has 3 rings (SSSR count). The van der Waals surface area contributed by atoms with Gasteiger partial charge in [0.2, 0.25) is 0 Å². The fourth-order valence-corrected chi connectivity index (χ4v) is 3.66. The molecule has 0 unspecified atom stereocenters. The number of allylic oxidation sites excluding steroid dienone is 4. The number of phenolic OH excluding ortho intramolecular Hbond substituents is 2. The minimum atomic E-state index is -1.63. The van der Waals surface area contributed by atoms with Crippen molar-refractivity contribution >= 4 is 23.3 Å². The van der Waals surface area contributed by atoms with E-state index in [1.165, 1.54) is 27.7 Å². The Hall–Kier alpha value is -3.62. The molecule has 1 atom stereocenters. The molecule has 2 aliphatic rings. The minimum Gasteiger partial charge on any atom is -0.507 e. The van der Waals surface area contributed by atoms with E-state index in [9.17, 15) is 29.4 Å². The Balaban J connectivity index is 2.29. The first-order valence-corrected chi connectivity index (χ1v) is 8.68. The van der Waals surface area contributed by atoms with Gasteiger partial charge in [-0.25, -0.2) is 0 Å². The maximum Gasteiger partial charge on any atom is 0.322 e. The summed E-state index contributed by atoms with van der Waals surface area (Å²) in [4.78, 5) is 48.8. The molecule has 9 heteroatoms. The van der Waals surface area contributed by atoms with Crippen LogP contribution in [0.25, 0.3) is 0 Å². The van der Waals surface area contributed by atoms with Gasteiger partial charge in [0.25, 0.3) is 0 Å². The standard InChI is InChI=1S/C20H19NO8/c1-7-16(26)14(9(3)22)18-15(17(7)27)20(4)11(29-18)5-10(23)13(19(20)28)8(2)21-6-12(24)25/h5,21,26-27H,6H2,1-4H3,(H,24,25)/b13-8+/t20-/m1/s1. The van der Waals surface area contributed by atoms with Crippen molar-refractivity contribution < 1.29 is 39.2 Å². The minimum absolute atomic E-state index is 0.00372. The number of fused-ring (bicyclic) bond motifs is 3. The molecule has 4 N–H and O–H groups in total. The van der Waals surface area contributed by atoms with Crippen LogP contribution in [0.5, 0.6) is 17.2 Å². The number of hydrogen-bond donors (Lipinski definition) is 4. The van der Waals surface area contributed by atoms with Crippen LogP contribution < -0.4 is 10.1 Å². The summed E-state index contributed by atoms with van der Waals surface area (Å²) in [6.45, 7) is 4.92. The van der Waals surface area contributed by atoms with Gasteiger partial charge in [-0.1, -0.05) is 0 Å². The molecule has 9 nitrogen and oxygen atoms in total. The molecule has 1 aliphatic heterocycles. The summed E-state index contributed by atoms with van der Waals surface area (Å²) in [5.41, 5.74) is -2.06. The van der Waals surface area contributed by atoms with E-state index in [1.807, 2.05) is 0 Å². The summed E-state index contributed by atoms with van der Waals surface area (Å²) >= 11 is 0. The number of carboxylic acid groups (broad SMARTS) is 1. The third-order valence-corrected chi connectivity index (χ3v) is 5.26. The third kappa shape index (κ3) is 2.69. The predicted molar refractivity (Wildman–Crippen MR) is 98.9 cm³/mol. The highest BCUT2D eigenvalue weighted by atomic mass is 16.5. The van der Waals surface area contributed by atoms with Gasteiger partial charge in [0.15, 0.2) is 17.3 Å². The molecule has 152 valence electrons. The molecule has 0 aromatic heterocycles. The number of hydrogen-bond acceptors (Lipinski definition) is 8. The lowest BCUT2D eigenvalue weighted by Gasteiger charge is -2.29. The molecule has 1 aliphatic carbocycles. The lowest BCUT2D eigenvalue weighted by atomic mass is 9.70. The molecular weight excluding hydrogens is 382 g/mol. The molecule has 0 spiro atoms. The first-order valence-electron chi connectivity index (χ1n) is 8.68. The number of benzene rings is 1. The van der Waals surface area contributed by atoms with Gasteiger partial charge < -0.3 is 25.4 Å². The van der Waals surface area contributed by atoms with Crippen molar-refractivity contribution in [1.29, 1.82) is 0 Å². The Labute approximate surface area is 165 Å². The number of carbonyl (C=O) groups excluding carboxylic acids is 3. The maximum atomic E-state index is 13.4. The Morgan fingerprint density at radius 1 is 1.17 bits per heavy atom. The SMILES string of the molecule is CC(=O)c1c(O)c(C)c(O)c2c1OC1=CC(=O)/C(=C(/C)NCC(=O)O)C(=O)[C@]12C. The summed E-state index contributed by atoms with van der Waals surface area (Å²) in [6, 6.07) is 0. The van der Waals surface area contributed by atoms with Crippen LogP contribution in [-0.4, -0.2) is 45.2 Å². The molecule has 0 bridgehead atoms. The van der Waals surface area contributed by atoms with Gasteiger partial charge in [-0.05, 0) is 27.7 Å². The second-order valence-electron chi connectivity index (χ2n) is 7.13. The highest BCUT2D eigenvalue weighted by Gasteiger charge is 2.56. The van der Waals surface area contributed by atoms with Gasteiger partial charge in [-0.15, -0.1) is 0 Å². The van der Waals surface area contributed by atoms with E-state index < -0.39 is 46.8 Å². The van der Waals surface area contributed by atoms with Crippen molar-refractivity contribution in [2.75, 3.05) is 6.54 Å². The van der Waals surface area contributed by atoms with Crippen LogP contribution in [0.3, 0.4) is 0 Å². The van der Waals surface area contributed by atoms with Crippen molar-refractivity contribution in [3.8, 4) is 17.2 Å². The Morgan fingerprint density at radius 3 is 2.34 bits per heavy atom. The lowest BCUT2D eigenvalue weighted by molar-refractivity contribution is -0.136. The number of carboxylic acids is 1. The monoisotopic (exact) mass is 401 g/mol. The summed E-state index contributed by atoms with van der Waals surface area (Å²) in [7, 11) is 0. The van der Waals surface area contributed by atoms with Gasteiger partial charge in [-0.3, -0.25) is 19.2 Å². The summed E-state index contributed by atoms with van der Waals surface area (Å²) in [5.74, 6) is -4.28. The van der Waals surface area contributed by atoms with E-state index in [2.05, 4.69) is 5.32 Å². The number of ketones is 3. The zero-order chi connectivity index (χ0) is 21.8. The first kappa shape index (κ1) is 20.1. The van der Waals surface area contributed by atoms with Crippen LogP contribution in [0.4, 0.5) is 0 Å². The quantitative estimate of drug-likeness (QED) is 0.332. The van der Waals surface area contributed by atoms with Crippen molar-refractivity contribution in [2.45, 2.75) is 33.1 Å². The number of Topliss-reactive ketones (excluding diaryl/α,β-unsaturated/α-hetero) is 2. The molecule has 1 aromatic carbocycles. The van der Waals surface area contributed by atoms with Crippen molar-refractivity contribution in [3.63, 3.8) is 0 Å². The van der Waals surface area contributed by atoms with E-state index in [4.69, 9.17) is 9.84 Å². The first-order chi connectivity index (χ1) is 13.4. The Kier molecular flexibility index (Phi) is 4.49. The number of nitrogens with one attached hydrogen (secondary N) is 1. The number of aliphatic carboxylic acids is 1. The second-order valence-corrected chi connectivity index (χ2v) is 7.13. The fourth-order valence-electron chi connectivity index (χ4n) is 3.66.